The first-order chi connectivity index (χ1) is 13.9. The zero-order chi connectivity index (χ0) is 20.9. The van der Waals surface area contributed by atoms with Gasteiger partial charge in [0.05, 0.1) is 13.2 Å². The van der Waals surface area contributed by atoms with E-state index >= 15 is 0 Å². The zero-order valence-electron chi connectivity index (χ0n) is 16.8. The molecule has 1 atom stereocenters. The number of hydrogen-bond acceptors (Lipinski definition) is 4. The lowest BCUT2D eigenvalue weighted by Gasteiger charge is -2.25. The molecule has 0 saturated heterocycles. The van der Waals surface area contributed by atoms with E-state index in [9.17, 15) is 14.7 Å². The van der Waals surface area contributed by atoms with E-state index in [1.807, 2.05) is 6.07 Å². The van der Waals surface area contributed by atoms with Crippen LogP contribution in [0.15, 0.2) is 48.5 Å². The second-order valence-electron chi connectivity index (χ2n) is 7.58. The summed E-state index contributed by atoms with van der Waals surface area (Å²) in [6.45, 7) is 1.57. The van der Waals surface area contributed by atoms with E-state index in [0.29, 0.717) is 22.6 Å². The number of ether oxygens (including phenoxy) is 2. The van der Waals surface area contributed by atoms with Gasteiger partial charge in [0.25, 0.3) is 5.91 Å². The molecule has 0 radical (unpaired) electrons. The Morgan fingerprint density at radius 3 is 2.41 bits per heavy atom. The van der Waals surface area contributed by atoms with E-state index in [0.717, 1.165) is 25.7 Å². The van der Waals surface area contributed by atoms with Crippen LogP contribution in [0.2, 0.25) is 0 Å². The van der Waals surface area contributed by atoms with Gasteiger partial charge in [0.2, 0.25) is 0 Å². The third-order valence-electron chi connectivity index (χ3n) is 5.51. The molecule has 0 heterocycles. The van der Waals surface area contributed by atoms with Crippen molar-refractivity contribution in [3.05, 3.63) is 59.7 Å². The lowest BCUT2D eigenvalue weighted by atomic mass is 9.82. The standard InChI is InChI=1S/C23H27NO5/c1-23(22(26)27,17-8-4-3-5-9-17)15-24-21(25)16-12-13-19(20(14-16)28-2)29-18-10-6-7-11-18/h3-5,8-9,12-14,18H,6-7,10-11,15H2,1-2H3,(H,24,25)(H,26,27). The maximum atomic E-state index is 12.7. The Balaban J connectivity index is 1.72. The van der Waals surface area contributed by atoms with Crippen LogP contribution in [-0.4, -0.2) is 36.7 Å². The monoisotopic (exact) mass is 397 g/mol. The van der Waals surface area contributed by atoms with E-state index < -0.39 is 11.4 Å². The first-order valence-corrected chi connectivity index (χ1v) is 9.86. The largest absolute Gasteiger partial charge is 0.493 e. The fraction of sp³-hybridized carbons (Fsp3) is 0.391. The number of methoxy groups -OCH3 is 1. The fourth-order valence-electron chi connectivity index (χ4n) is 3.56. The van der Waals surface area contributed by atoms with E-state index in [-0.39, 0.29) is 18.6 Å². The van der Waals surface area contributed by atoms with Crippen LogP contribution in [0.5, 0.6) is 11.5 Å². The molecule has 0 bridgehead atoms. The number of carboxylic acid groups (broad SMARTS) is 1. The van der Waals surface area contributed by atoms with Gasteiger partial charge >= 0.3 is 5.97 Å². The summed E-state index contributed by atoms with van der Waals surface area (Å²) >= 11 is 0. The van der Waals surface area contributed by atoms with Gasteiger partial charge in [0.1, 0.15) is 5.41 Å². The van der Waals surface area contributed by atoms with Crippen molar-refractivity contribution in [3.8, 4) is 11.5 Å². The molecule has 2 N–H and O–H groups in total. The topological polar surface area (TPSA) is 84.9 Å². The molecular formula is C23H27NO5. The molecule has 1 amide bonds. The van der Waals surface area contributed by atoms with E-state index in [1.165, 1.54) is 7.11 Å². The minimum atomic E-state index is -1.23. The van der Waals surface area contributed by atoms with Crippen LogP contribution in [-0.2, 0) is 10.2 Å². The maximum Gasteiger partial charge on any atom is 0.315 e. The molecule has 1 unspecified atom stereocenters. The average Bonchev–Trinajstić information content (AvgIpc) is 3.25. The van der Waals surface area contributed by atoms with E-state index in [2.05, 4.69) is 5.32 Å². The Morgan fingerprint density at radius 1 is 1.10 bits per heavy atom. The number of carbonyl (C=O) groups excluding carboxylic acids is 1. The lowest BCUT2D eigenvalue weighted by Crippen LogP contribution is -2.44. The van der Waals surface area contributed by atoms with Crippen molar-refractivity contribution in [1.29, 1.82) is 0 Å². The number of hydrogen-bond donors (Lipinski definition) is 2. The zero-order valence-corrected chi connectivity index (χ0v) is 16.8. The predicted octanol–water partition coefficient (Wildman–Crippen LogP) is 3.79. The SMILES string of the molecule is COc1cc(C(=O)NCC(C)(C(=O)O)c2ccccc2)ccc1OC1CCCC1. The molecule has 6 heteroatoms. The van der Waals surface area contributed by atoms with Crippen molar-refractivity contribution >= 4 is 11.9 Å². The highest BCUT2D eigenvalue weighted by Crippen LogP contribution is 2.32. The van der Waals surface area contributed by atoms with Gasteiger partial charge in [-0.05, 0) is 56.4 Å². The van der Waals surface area contributed by atoms with Crippen molar-refractivity contribution < 1.29 is 24.2 Å². The molecule has 1 aliphatic rings. The second-order valence-corrected chi connectivity index (χ2v) is 7.58. The first-order valence-electron chi connectivity index (χ1n) is 9.86. The van der Waals surface area contributed by atoms with Crippen LogP contribution in [0.25, 0.3) is 0 Å². The van der Waals surface area contributed by atoms with Gasteiger partial charge < -0.3 is 19.9 Å². The number of benzene rings is 2. The Morgan fingerprint density at radius 2 is 1.79 bits per heavy atom. The van der Waals surface area contributed by atoms with Crippen LogP contribution >= 0.6 is 0 Å². The maximum absolute atomic E-state index is 12.7. The van der Waals surface area contributed by atoms with Gasteiger partial charge in [-0.2, -0.15) is 0 Å². The van der Waals surface area contributed by atoms with E-state index in [4.69, 9.17) is 9.47 Å². The van der Waals surface area contributed by atoms with Gasteiger partial charge in [-0.15, -0.1) is 0 Å². The van der Waals surface area contributed by atoms with Crippen molar-refractivity contribution in [2.24, 2.45) is 0 Å². The molecule has 1 saturated carbocycles. The second kappa shape index (κ2) is 8.99. The van der Waals surface area contributed by atoms with Gasteiger partial charge in [-0.25, -0.2) is 0 Å². The van der Waals surface area contributed by atoms with Gasteiger partial charge in [0.15, 0.2) is 11.5 Å². The molecule has 1 aliphatic carbocycles. The molecule has 2 aromatic carbocycles. The summed E-state index contributed by atoms with van der Waals surface area (Å²) in [6, 6.07) is 13.9. The third kappa shape index (κ3) is 4.70. The number of nitrogens with one attached hydrogen (secondary N) is 1. The highest BCUT2D eigenvalue weighted by molar-refractivity contribution is 5.95. The Labute approximate surface area is 170 Å². The van der Waals surface area contributed by atoms with Gasteiger partial charge in [0, 0.05) is 12.1 Å². The van der Waals surface area contributed by atoms with Crippen molar-refractivity contribution in [2.75, 3.05) is 13.7 Å². The minimum Gasteiger partial charge on any atom is -0.493 e. The molecule has 29 heavy (non-hydrogen) atoms. The molecule has 0 aliphatic heterocycles. The molecule has 1 fully saturated rings. The quantitative estimate of drug-likeness (QED) is 0.708. The summed E-state index contributed by atoms with van der Waals surface area (Å²) in [5.74, 6) is -0.245. The molecule has 0 aromatic heterocycles. The summed E-state index contributed by atoms with van der Waals surface area (Å²) in [6.07, 6.45) is 4.57. The number of carboxylic acids is 1. The fourth-order valence-corrected chi connectivity index (χ4v) is 3.56. The highest BCUT2D eigenvalue weighted by atomic mass is 16.5. The lowest BCUT2D eigenvalue weighted by molar-refractivity contribution is -0.142. The van der Waals surface area contributed by atoms with E-state index in [1.54, 1.807) is 49.4 Å². The Bertz CT molecular complexity index is 861. The van der Waals surface area contributed by atoms with Crippen molar-refractivity contribution in [1.82, 2.24) is 5.32 Å². The molecule has 3 rings (SSSR count). The number of rotatable bonds is 8. The van der Waals surface area contributed by atoms with Crippen LogP contribution in [0.4, 0.5) is 0 Å². The number of aliphatic carboxylic acids is 1. The molecule has 0 spiro atoms. The molecule has 154 valence electrons. The molecule has 6 nitrogen and oxygen atoms in total. The number of amides is 1. The van der Waals surface area contributed by atoms with Crippen LogP contribution in [0, 0.1) is 0 Å². The van der Waals surface area contributed by atoms with Crippen LogP contribution < -0.4 is 14.8 Å². The number of carbonyl (C=O) groups is 2. The van der Waals surface area contributed by atoms with Gasteiger partial charge in [-0.1, -0.05) is 30.3 Å². The Kier molecular flexibility index (Phi) is 6.42. The minimum absolute atomic E-state index is 0.0339. The molecule has 2 aromatic rings. The normalized spacial score (nSPS) is 16.1. The third-order valence-corrected chi connectivity index (χ3v) is 5.51. The smallest absolute Gasteiger partial charge is 0.315 e. The predicted molar refractivity (Wildman–Crippen MR) is 110 cm³/mol. The summed E-state index contributed by atoms with van der Waals surface area (Å²) in [7, 11) is 1.54. The van der Waals surface area contributed by atoms with Gasteiger partial charge in [-0.3, -0.25) is 9.59 Å². The summed E-state index contributed by atoms with van der Waals surface area (Å²) in [5.41, 5.74) is -0.209. The van der Waals surface area contributed by atoms with Crippen molar-refractivity contribution in [2.45, 2.75) is 44.1 Å². The summed E-state index contributed by atoms with van der Waals surface area (Å²) in [5, 5.41) is 12.5. The average molecular weight is 397 g/mol. The highest BCUT2D eigenvalue weighted by Gasteiger charge is 2.35. The summed E-state index contributed by atoms with van der Waals surface area (Å²) < 4.78 is 11.4. The van der Waals surface area contributed by atoms with Crippen LogP contribution in [0.3, 0.4) is 0 Å². The van der Waals surface area contributed by atoms with Crippen LogP contribution in [0.1, 0.15) is 48.5 Å². The van der Waals surface area contributed by atoms with Crippen molar-refractivity contribution in [3.63, 3.8) is 0 Å². The summed E-state index contributed by atoms with van der Waals surface area (Å²) in [4.78, 5) is 24.6. The first kappa shape index (κ1) is 20.7. The molecular weight excluding hydrogens is 370 g/mol. The Hall–Kier alpha value is -3.02.